The van der Waals surface area contributed by atoms with Crippen LogP contribution in [0, 0.1) is 5.92 Å². The topological polar surface area (TPSA) is 152 Å². The molecule has 0 radical (unpaired) electrons. The Kier molecular flexibility index (Phi) is 14.4. The number of benzene rings is 2. The largest absolute Gasteiger partial charge is 0.497 e. The zero-order chi connectivity index (χ0) is 38.9. The molecule has 3 atom stereocenters. The maximum atomic E-state index is 14.9. The third-order valence-electron chi connectivity index (χ3n) is 8.36. The van der Waals surface area contributed by atoms with Gasteiger partial charge in [0.1, 0.15) is 24.4 Å². The average Bonchev–Trinajstić information content (AvgIpc) is 3.05. The fourth-order valence-corrected chi connectivity index (χ4v) is 5.25. The minimum Gasteiger partial charge on any atom is -0.497 e. The molecule has 0 heterocycles. The third kappa shape index (κ3) is 12.1. The van der Waals surface area contributed by atoms with Gasteiger partial charge in [-0.25, -0.2) is 0 Å². The molecule has 11 nitrogen and oxygen atoms in total. The number of hydrogen-bond donors (Lipinski definition) is 4. The van der Waals surface area contributed by atoms with Crippen LogP contribution in [0.25, 0.3) is 0 Å². The molecule has 0 unspecified atom stereocenters. The highest BCUT2D eigenvalue weighted by atomic mass is 28.4. The zero-order valence-corrected chi connectivity index (χ0v) is 30.7. The van der Waals surface area contributed by atoms with Gasteiger partial charge in [-0.1, -0.05) is 65.0 Å². The summed E-state index contributed by atoms with van der Waals surface area (Å²) in [5, 5.41) is 7.97. The molecule has 0 bridgehead atoms. The van der Waals surface area contributed by atoms with Crippen LogP contribution in [0.3, 0.4) is 0 Å². The number of methoxy groups -OCH3 is 1. The molecule has 0 fully saturated rings. The summed E-state index contributed by atoms with van der Waals surface area (Å²) in [6.07, 6.45) is -5.03. The van der Waals surface area contributed by atoms with Crippen LogP contribution in [-0.2, 0) is 23.6 Å². The molecule has 4 N–H and O–H groups in total. The molecule has 0 aromatic heterocycles. The van der Waals surface area contributed by atoms with Gasteiger partial charge < -0.3 is 30.4 Å². The number of Topliss-reactive ketones (excluding diaryl/α,β-unsaturated/α-hetero) is 1. The summed E-state index contributed by atoms with van der Waals surface area (Å²) in [5.41, 5.74) is 0.329. The van der Waals surface area contributed by atoms with Crippen LogP contribution in [0.1, 0.15) is 56.6 Å². The van der Waals surface area contributed by atoms with E-state index in [2.05, 4.69) is 16.0 Å². The molecule has 0 saturated heterocycles. The number of alkyl halides is 5. The van der Waals surface area contributed by atoms with Gasteiger partial charge in [0.05, 0.1) is 19.8 Å². The van der Waals surface area contributed by atoms with E-state index in [1.54, 1.807) is 18.2 Å². The van der Waals surface area contributed by atoms with E-state index in [9.17, 15) is 45.9 Å². The molecule has 2 aromatic rings. The summed E-state index contributed by atoms with van der Waals surface area (Å²) in [4.78, 5) is 65.8. The lowest BCUT2D eigenvalue weighted by Crippen LogP contribution is -2.59. The van der Waals surface area contributed by atoms with E-state index in [0.29, 0.717) is 5.75 Å². The van der Waals surface area contributed by atoms with Crippen molar-refractivity contribution in [3.63, 3.8) is 0 Å². The van der Waals surface area contributed by atoms with E-state index >= 15 is 0 Å². The fourth-order valence-electron chi connectivity index (χ4n) is 4.23. The van der Waals surface area contributed by atoms with Crippen LogP contribution in [0.5, 0.6) is 5.75 Å². The molecule has 0 spiro atoms. The van der Waals surface area contributed by atoms with Crippen LogP contribution < -0.4 is 26.0 Å². The van der Waals surface area contributed by atoms with Gasteiger partial charge in [-0.15, -0.1) is 0 Å². The summed E-state index contributed by atoms with van der Waals surface area (Å²) in [7, 11) is -1.12. The van der Waals surface area contributed by atoms with Crippen molar-refractivity contribution in [2.75, 3.05) is 20.3 Å². The van der Waals surface area contributed by atoms with Gasteiger partial charge in [0, 0.05) is 5.56 Å². The zero-order valence-electron chi connectivity index (χ0n) is 29.7. The highest BCUT2D eigenvalue weighted by Gasteiger charge is 2.52. The van der Waals surface area contributed by atoms with E-state index < -0.39 is 80.4 Å². The molecule has 2 aromatic carbocycles. The van der Waals surface area contributed by atoms with Crippen LogP contribution >= 0.6 is 0 Å². The summed E-state index contributed by atoms with van der Waals surface area (Å²) < 4.78 is 78.8. The molecule has 0 aliphatic carbocycles. The molecule has 17 heteroatoms. The third-order valence-corrected chi connectivity index (χ3v) is 12.9. The predicted molar refractivity (Wildman–Crippen MR) is 181 cm³/mol. The Morgan fingerprint density at radius 3 is 1.86 bits per heavy atom. The number of nitrogens with one attached hydrogen (secondary N) is 4. The van der Waals surface area contributed by atoms with Crippen molar-refractivity contribution < 1.29 is 55.1 Å². The van der Waals surface area contributed by atoms with E-state index in [1.807, 2.05) is 33.9 Å². The first-order valence-electron chi connectivity index (χ1n) is 15.9. The van der Waals surface area contributed by atoms with Crippen molar-refractivity contribution in [3.05, 3.63) is 65.7 Å². The van der Waals surface area contributed by atoms with Gasteiger partial charge in [-0.2, -0.15) is 22.0 Å². The molecule has 0 aliphatic rings. The van der Waals surface area contributed by atoms with Gasteiger partial charge in [-0.05, 0) is 53.9 Å². The lowest BCUT2D eigenvalue weighted by atomic mass is 9.94. The molecule has 0 saturated carbocycles. The van der Waals surface area contributed by atoms with E-state index in [-0.39, 0.29) is 22.8 Å². The fraction of sp³-hybridized carbons (Fsp3) is 0.500. The Morgan fingerprint density at radius 2 is 1.37 bits per heavy atom. The number of carbonyl (C=O) groups is 5. The summed E-state index contributed by atoms with van der Waals surface area (Å²) in [6.45, 7) is 9.88. The lowest BCUT2D eigenvalue weighted by molar-refractivity contribution is -0.165. The number of rotatable bonds is 16. The second kappa shape index (κ2) is 17.2. The summed E-state index contributed by atoms with van der Waals surface area (Å²) in [6, 6.07) is 8.52. The van der Waals surface area contributed by atoms with Crippen molar-refractivity contribution in [1.82, 2.24) is 21.3 Å². The van der Waals surface area contributed by atoms with Gasteiger partial charge in [0.15, 0.2) is 8.32 Å². The molecule has 4 amide bonds. The quantitative estimate of drug-likeness (QED) is 0.111. The first kappa shape index (κ1) is 42.8. The predicted octanol–water partition coefficient (Wildman–Crippen LogP) is 4.70. The second-order valence-electron chi connectivity index (χ2n) is 13.6. The minimum atomic E-state index is -5.03. The standard InChI is InChI=1S/C34H45F5N4O7Si/c1-20(2)25(27(44)34(38,39)31(48)40-19-33(35,36)37)42-30(47)26(21-14-16-23(49-6)17-15-21)43-29(46)24(18-50-51(7,8)32(3,4)5)41-28(45)22-12-10-9-11-13-22/h9-17,20,24-26H,18-19H2,1-8H3,(H,40,48)(H,41,45)(H,42,47)(H,43,46)/t24-,25-,26-/m0/s1. The average molecular weight is 745 g/mol. The first-order valence-corrected chi connectivity index (χ1v) is 18.8. The van der Waals surface area contributed by atoms with Crippen LogP contribution in [0.4, 0.5) is 22.0 Å². The van der Waals surface area contributed by atoms with E-state index in [4.69, 9.17) is 9.16 Å². The maximum Gasteiger partial charge on any atom is 0.405 e. The maximum absolute atomic E-state index is 14.9. The van der Waals surface area contributed by atoms with E-state index in [1.165, 1.54) is 57.4 Å². The van der Waals surface area contributed by atoms with Crippen molar-refractivity contribution in [3.8, 4) is 5.75 Å². The highest BCUT2D eigenvalue weighted by molar-refractivity contribution is 6.74. The molecule has 51 heavy (non-hydrogen) atoms. The Bertz CT molecular complexity index is 1530. The van der Waals surface area contributed by atoms with Crippen molar-refractivity contribution in [1.29, 1.82) is 0 Å². The summed E-state index contributed by atoms with van der Waals surface area (Å²) in [5.74, 6) is -13.1. The van der Waals surface area contributed by atoms with Gasteiger partial charge in [-0.3, -0.25) is 24.0 Å². The smallest absolute Gasteiger partial charge is 0.405 e. The Labute approximate surface area is 294 Å². The summed E-state index contributed by atoms with van der Waals surface area (Å²) >= 11 is 0. The number of ether oxygens (including phenoxy) is 1. The van der Waals surface area contributed by atoms with Crippen LogP contribution in [0.15, 0.2) is 54.6 Å². The van der Waals surface area contributed by atoms with Gasteiger partial charge in [0.2, 0.25) is 17.6 Å². The van der Waals surface area contributed by atoms with Crippen LogP contribution in [0.2, 0.25) is 18.1 Å². The monoisotopic (exact) mass is 744 g/mol. The SMILES string of the molecule is COc1ccc([C@H](NC(=O)[C@H](CO[Si](C)(C)C(C)(C)C)NC(=O)c2ccccc2)C(=O)N[C@H](C(=O)C(F)(F)C(=O)NCC(F)(F)F)C(C)C)cc1. The molecular formula is C34H45F5N4O7Si. The first-order chi connectivity index (χ1) is 23.4. The molecule has 282 valence electrons. The van der Waals surface area contributed by atoms with Crippen molar-refractivity contribution in [2.24, 2.45) is 5.92 Å². The lowest BCUT2D eigenvalue weighted by Gasteiger charge is -2.37. The van der Waals surface area contributed by atoms with Crippen LogP contribution in [-0.4, -0.2) is 82.2 Å². The Morgan fingerprint density at radius 1 is 0.804 bits per heavy atom. The number of ketones is 1. The number of halogens is 5. The highest BCUT2D eigenvalue weighted by Crippen LogP contribution is 2.36. The molecule has 0 aliphatic heterocycles. The van der Waals surface area contributed by atoms with Crippen molar-refractivity contribution >= 4 is 37.7 Å². The minimum absolute atomic E-state index is 0.102. The Balaban J connectivity index is 2.48. The van der Waals surface area contributed by atoms with Crippen molar-refractivity contribution in [2.45, 2.75) is 83.0 Å². The normalized spacial score (nSPS) is 14.2. The van der Waals surface area contributed by atoms with E-state index in [0.717, 1.165) is 5.32 Å². The number of carbonyl (C=O) groups excluding carboxylic acids is 5. The van der Waals surface area contributed by atoms with Gasteiger partial charge in [0.25, 0.3) is 11.8 Å². The Hall–Kier alpha value is -4.38. The number of amides is 4. The molecular weight excluding hydrogens is 699 g/mol. The van der Waals surface area contributed by atoms with Gasteiger partial charge >= 0.3 is 12.1 Å². The molecule has 2 rings (SSSR count). The number of hydrogen-bond acceptors (Lipinski definition) is 7. The second-order valence-corrected chi connectivity index (χ2v) is 18.5.